The van der Waals surface area contributed by atoms with Crippen LogP contribution in [0.4, 0.5) is 0 Å². The molecule has 0 saturated carbocycles. The van der Waals surface area contributed by atoms with Crippen LogP contribution in [0.25, 0.3) is 0 Å². The van der Waals surface area contributed by atoms with Crippen molar-refractivity contribution < 1.29 is 14.7 Å². The molecule has 36 heavy (non-hydrogen) atoms. The molecule has 1 aliphatic rings. The van der Waals surface area contributed by atoms with Crippen LogP contribution < -0.4 is 0 Å². The second-order valence-electron chi connectivity index (χ2n) is 9.53. The number of aliphatic carboxylic acids is 1. The normalized spacial score (nSPS) is 15.1. The highest BCUT2D eigenvalue weighted by molar-refractivity contribution is 5.91. The minimum absolute atomic E-state index is 0.168. The van der Waals surface area contributed by atoms with E-state index in [1.165, 1.54) is 4.90 Å². The first-order valence-electron chi connectivity index (χ1n) is 12.1. The van der Waals surface area contributed by atoms with Crippen molar-refractivity contribution in [1.82, 2.24) is 14.5 Å². The minimum Gasteiger partial charge on any atom is -0.480 e. The molecule has 1 N–H and O–H groups in total. The van der Waals surface area contributed by atoms with Crippen LogP contribution in [0, 0.1) is 13.8 Å². The molecule has 6 heteroatoms. The lowest BCUT2D eigenvalue weighted by Gasteiger charge is -2.35. The standard InChI is InChI=1S/C30H29N3O3/c1-20-8-12-23(13-9-20)28(24-14-10-21(2)11-15-24)29(34)33-18-25-26(16-27(33)30(35)36)32(19-31-25)17-22-6-4-3-5-7-22/h3-15,19,27-28H,16-18H2,1-2H3,(H,35,36)/t27-/m0/s1. The van der Waals surface area contributed by atoms with Gasteiger partial charge < -0.3 is 14.6 Å². The summed E-state index contributed by atoms with van der Waals surface area (Å²) in [6.07, 6.45) is 1.97. The van der Waals surface area contributed by atoms with Gasteiger partial charge in [-0.1, -0.05) is 90.0 Å². The second-order valence-corrected chi connectivity index (χ2v) is 9.53. The van der Waals surface area contributed by atoms with Gasteiger partial charge in [0.15, 0.2) is 0 Å². The summed E-state index contributed by atoms with van der Waals surface area (Å²) < 4.78 is 2.00. The van der Waals surface area contributed by atoms with Crippen molar-refractivity contribution >= 4 is 11.9 Å². The van der Waals surface area contributed by atoms with Gasteiger partial charge in [-0.15, -0.1) is 0 Å². The van der Waals surface area contributed by atoms with Crippen molar-refractivity contribution in [2.45, 2.75) is 45.3 Å². The number of imidazole rings is 1. The Labute approximate surface area is 210 Å². The third-order valence-corrected chi connectivity index (χ3v) is 6.95. The molecule has 0 radical (unpaired) electrons. The molecule has 6 nitrogen and oxygen atoms in total. The smallest absolute Gasteiger partial charge is 0.326 e. The Balaban J connectivity index is 1.50. The molecule has 0 saturated heterocycles. The fourth-order valence-electron chi connectivity index (χ4n) is 4.91. The summed E-state index contributed by atoms with van der Waals surface area (Å²) in [7, 11) is 0. The molecule has 1 aromatic heterocycles. The third kappa shape index (κ3) is 4.67. The fourth-order valence-corrected chi connectivity index (χ4v) is 4.91. The van der Waals surface area contributed by atoms with Crippen LogP contribution in [-0.2, 0) is 29.1 Å². The molecule has 5 rings (SSSR count). The Morgan fingerprint density at radius 1 is 0.917 bits per heavy atom. The quantitative estimate of drug-likeness (QED) is 0.434. The van der Waals surface area contributed by atoms with Crippen LogP contribution >= 0.6 is 0 Å². The zero-order chi connectivity index (χ0) is 25.2. The van der Waals surface area contributed by atoms with E-state index in [4.69, 9.17) is 0 Å². The molecule has 3 aromatic carbocycles. The van der Waals surface area contributed by atoms with E-state index in [2.05, 4.69) is 4.98 Å². The SMILES string of the molecule is Cc1ccc(C(C(=O)N2Cc3ncn(Cc4ccccc4)c3C[C@H]2C(=O)O)c2ccc(C)cc2)cc1. The lowest BCUT2D eigenvalue weighted by Crippen LogP contribution is -2.50. The molecule has 182 valence electrons. The van der Waals surface area contributed by atoms with E-state index in [1.54, 1.807) is 6.33 Å². The maximum atomic E-state index is 14.1. The number of benzene rings is 3. The molecule has 2 heterocycles. The zero-order valence-corrected chi connectivity index (χ0v) is 20.5. The highest BCUT2D eigenvalue weighted by atomic mass is 16.4. The number of rotatable bonds is 6. The molecule has 0 fully saturated rings. The van der Waals surface area contributed by atoms with E-state index < -0.39 is 17.9 Å². The Morgan fingerprint density at radius 3 is 2.06 bits per heavy atom. The summed E-state index contributed by atoms with van der Waals surface area (Å²) >= 11 is 0. The number of amides is 1. The summed E-state index contributed by atoms with van der Waals surface area (Å²) in [6.45, 7) is 4.79. The van der Waals surface area contributed by atoms with Crippen LogP contribution in [-0.4, -0.2) is 37.5 Å². The van der Waals surface area contributed by atoms with Crippen molar-refractivity contribution in [3.05, 3.63) is 124 Å². The summed E-state index contributed by atoms with van der Waals surface area (Å²) in [5, 5.41) is 10.2. The van der Waals surface area contributed by atoms with E-state index in [0.717, 1.165) is 39.2 Å². The van der Waals surface area contributed by atoms with Gasteiger partial charge >= 0.3 is 5.97 Å². The average Bonchev–Trinajstić information content (AvgIpc) is 3.27. The number of carboxylic acid groups (broad SMARTS) is 1. The molecular weight excluding hydrogens is 450 g/mol. The van der Waals surface area contributed by atoms with E-state index in [-0.39, 0.29) is 18.9 Å². The van der Waals surface area contributed by atoms with Gasteiger partial charge in [-0.3, -0.25) is 4.79 Å². The summed E-state index contributed by atoms with van der Waals surface area (Å²) in [4.78, 5) is 32.6. The number of aryl methyl sites for hydroxylation is 2. The number of carbonyl (C=O) groups is 2. The van der Waals surface area contributed by atoms with Crippen molar-refractivity contribution in [3.8, 4) is 0 Å². The van der Waals surface area contributed by atoms with Crippen LogP contribution in [0.2, 0.25) is 0 Å². The van der Waals surface area contributed by atoms with E-state index in [1.807, 2.05) is 97.3 Å². The van der Waals surface area contributed by atoms with Crippen molar-refractivity contribution in [3.63, 3.8) is 0 Å². The van der Waals surface area contributed by atoms with E-state index in [9.17, 15) is 14.7 Å². The highest BCUT2D eigenvalue weighted by Crippen LogP contribution is 2.32. The van der Waals surface area contributed by atoms with Crippen molar-refractivity contribution in [2.75, 3.05) is 0 Å². The number of carboxylic acids is 1. The Hall–Kier alpha value is -4.19. The van der Waals surface area contributed by atoms with Gasteiger partial charge in [0.05, 0.1) is 24.5 Å². The molecule has 0 spiro atoms. The molecule has 1 amide bonds. The summed E-state index contributed by atoms with van der Waals surface area (Å²) in [6, 6.07) is 24.8. The molecule has 0 bridgehead atoms. The lowest BCUT2D eigenvalue weighted by atomic mass is 9.87. The largest absolute Gasteiger partial charge is 0.480 e. The summed E-state index contributed by atoms with van der Waals surface area (Å²) in [5.74, 6) is -1.83. The number of hydrogen-bond acceptors (Lipinski definition) is 3. The predicted molar refractivity (Wildman–Crippen MR) is 138 cm³/mol. The van der Waals surface area contributed by atoms with Gasteiger partial charge in [-0.05, 0) is 30.5 Å². The van der Waals surface area contributed by atoms with Crippen LogP contribution in [0.15, 0.2) is 85.2 Å². The third-order valence-electron chi connectivity index (χ3n) is 6.95. The van der Waals surface area contributed by atoms with Gasteiger partial charge in [-0.2, -0.15) is 0 Å². The average molecular weight is 480 g/mol. The molecule has 0 unspecified atom stereocenters. The van der Waals surface area contributed by atoms with Gasteiger partial charge in [0.25, 0.3) is 0 Å². The number of nitrogens with zero attached hydrogens (tertiary/aromatic N) is 3. The van der Waals surface area contributed by atoms with Crippen molar-refractivity contribution in [2.24, 2.45) is 0 Å². The lowest BCUT2D eigenvalue weighted by molar-refractivity contribution is -0.151. The molecule has 4 aromatic rings. The molecular formula is C30H29N3O3. The first kappa shape index (κ1) is 23.5. The van der Waals surface area contributed by atoms with Crippen molar-refractivity contribution in [1.29, 1.82) is 0 Å². The summed E-state index contributed by atoms with van der Waals surface area (Å²) in [5.41, 5.74) is 6.63. The Kier molecular flexibility index (Phi) is 6.42. The zero-order valence-electron chi connectivity index (χ0n) is 20.5. The maximum absolute atomic E-state index is 14.1. The van der Waals surface area contributed by atoms with Crippen LogP contribution in [0.1, 0.15) is 45.1 Å². The monoisotopic (exact) mass is 479 g/mol. The number of hydrogen-bond donors (Lipinski definition) is 1. The van der Waals surface area contributed by atoms with E-state index in [0.29, 0.717) is 6.54 Å². The predicted octanol–water partition coefficient (Wildman–Crippen LogP) is 4.72. The van der Waals surface area contributed by atoms with Gasteiger partial charge in [0.2, 0.25) is 5.91 Å². The van der Waals surface area contributed by atoms with Gasteiger partial charge in [-0.25, -0.2) is 9.78 Å². The fraction of sp³-hybridized carbons (Fsp3) is 0.233. The number of fused-ring (bicyclic) bond motifs is 1. The Bertz CT molecular complexity index is 1330. The first-order valence-corrected chi connectivity index (χ1v) is 12.1. The number of aromatic nitrogens is 2. The van der Waals surface area contributed by atoms with Gasteiger partial charge in [0.1, 0.15) is 6.04 Å². The topological polar surface area (TPSA) is 75.4 Å². The Morgan fingerprint density at radius 2 is 1.50 bits per heavy atom. The van der Waals surface area contributed by atoms with Gasteiger partial charge in [0, 0.05) is 18.7 Å². The van der Waals surface area contributed by atoms with E-state index >= 15 is 0 Å². The molecule has 1 atom stereocenters. The van der Waals surface area contributed by atoms with Crippen LogP contribution in [0.3, 0.4) is 0 Å². The molecule has 0 aliphatic carbocycles. The minimum atomic E-state index is -1.01. The second kappa shape index (κ2) is 9.82. The maximum Gasteiger partial charge on any atom is 0.326 e. The number of carbonyl (C=O) groups excluding carboxylic acids is 1. The molecule has 1 aliphatic heterocycles. The first-order chi connectivity index (χ1) is 17.4. The highest BCUT2D eigenvalue weighted by Gasteiger charge is 2.40. The van der Waals surface area contributed by atoms with Crippen LogP contribution in [0.5, 0.6) is 0 Å².